The van der Waals surface area contributed by atoms with Crippen molar-refractivity contribution in [1.29, 1.82) is 0 Å². The predicted molar refractivity (Wildman–Crippen MR) is 118 cm³/mol. The standard InChI is InChI=1S/C23H26Cl2N2O2/c1-2-6-22(28)26-20-9-10-27(21(15-20)11-16-7-4-3-5-8-16)23(29)17-12-18(24)14-19(25)13-17/h3-5,7-8,12-14,20-21H,2,6,9-11,15H2,1H3,(H,26,28)/t20-,21+/m0/s1. The molecule has 0 saturated carbocycles. The van der Waals surface area contributed by atoms with Gasteiger partial charge in [0, 0.05) is 40.7 Å². The fourth-order valence-electron chi connectivity index (χ4n) is 3.90. The molecule has 0 aromatic heterocycles. The Hall–Kier alpha value is -2.04. The van der Waals surface area contributed by atoms with Crippen LogP contribution in [-0.2, 0) is 11.2 Å². The number of nitrogens with zero attached hydrogens (tertiary/aromatic N) is 1. The number of carbonyl (C=O) groups is 2. The molecule has 1 N–H and O–H groups in total. The zero-order valence-corrected chi connectivity index (χ0v) is 18.0. The minimum atomic E-state index is -0.0753. The number of nitrogens with one attached hydrogen (secondary N) is 1. The summed E-state index contributed by atoms with van der Waals surface area (Å²) < 4.78 is 0. The van der Waals surface area contributed by atoms with Crippen molar-refractivity contribution in [2.24, 2.45) is 0 Å². The summed E-state index contributed by atoms with van der Waals surface area (Å²) in [6.07, 6.45) is 3.56. The van der Waals surface area contributed by atoms with Crippen LogP contribution in [0.2, 0.25) is 10.0 Å². The maximum Gasteiger partial charge on any atom is 0.254 e. The summed E-state index contributed by atoms with van der Waals surface area (Å²) in [5, 5.41) is 4.03. The van der Waals surface area contributed by atoms with Crippen LogP contribution in [-0.4, -0.2) is 35.3 Å². The van der Waals surface area contributed by atoms with Gasteiger partial charge < -0.3 is 10.2 Å². The van der Waals surface area contributed by atoms with Crippen molar-refractivity contribution in [3.05, 3.63) is 69.7 Å². The Bertz CT molecular complexity index is 837. The van der Waals surface area contributed by atoms with E-state index in [1.165, 1.54) is 5.56 Å². The average molecular weight is 433 g/mol. The van der Waals surface area contributed by atoms with E-state index < -0.39 is 0 Å². The molecule has 1 fully saturated rings. The lowest BCUT2D eigenvalue weighted by Crippen LogP contribution is -2.52. The Morgan fingerprint density at radius 1 is 1.10 bits per heavy atom. The summed E-state index contributed by atoms with van der Waals surface area (Å²) in [6, 6.07) is 15.1. The van der Waals surface area contributed by atoms with Crippen molar-refractivity contribution in [3.8, 4) is 0 Å². The first kappa shape index (κ1) is 21.7. The Morgan fingerprint density at radius 3 is 2.45 bits per heavy atom. The first-order chi connectivity index (χ1) is 14.0. The molecule has 0 spiro atoms. The van der Waals surface area contributed by atoms with Gasteiger partial charge in [-0.2, -0.15) is 0 Å². The summed E-state index contributed by atoms with van der Waals surface area (Å²) in [6.45, 7) is 2.58. The van der Waals surface area contributed by atoms with Crippen molar-refractivity contribution >= 4 is 35.0 Å². The highest BCUT2D eigenvalue weighted by Crippen LogP contribution is 2.26. The molecule has 2 atom stereocenters. The minimum Gasteiger partial charge on any atom is -0.353 e. The van der Waals surface area contributed by atoms with Gasteiger partial charge in [0.25, 0.3) is 5.91 Å². The first-order valence-corrected chi connectivity index (χ1v) is 10.8. The van der Waals surface area contributed by atoms with E-state index in [1.54, 1.807) is 18.2 Å². The third-order valence-corrected chi connectivity index (χ3v) is 5.68. The summed E-state index contributed by atoms with van der Waals surface area (Å²) in [7, 11) is 0. The molecule has 6 heteroatoms. The number of likely N-dealkylation sites (tertiary alicyclic amines) is 1. The summed E-state index contributed by atoms with van der Waals surface area (Å²) in [5.74, 6) is 0.00558. The van der Waals surface area contributed by atoms with Crippen molar-refractivity contribution in [1.82, 2.24) is 10.2 Å². The van der Waals surface area contributed by atoms with Gasteiger partial charge in [0.15, 0.2) is 0 Å². The maximum atomic E-state index is 13.3. The number of hydrogen-bond acceptors (Lipinski definition) is 2. The van der Waals surface area contributed by atoms with Crippen LogP contribution in [0.4, 0.5) is 0 Å². The second kappa shape index (κ2) is 10.1. The normalized spacial score (nSPS) is 19.1. The van der Waals surface area contributed by atoms with Crippen molar-refractivity contribution in [2.45, 2.75) is 51.1 Å². The molecule has 1 saturated heterocycles. The molecule has 0 aliphatic carbocycles. The van der Waals surface area contributed by atoms with Gasteiger partial charge in [-0.1, -0.05) is 60.5 Å². The molecule has 154 valence electrons. The van der Waals surface area contributed by atoms with Crippen LogP contribution in [0, 0.1) is 0 Å². The van der Waals surface area contributed by atoms with Gasteiger partial charge in [-0.25, -0.2) is 0 Å². The average Bonchev–Trinajstić information content (AvgIpc) is 2.68. The highest BCUT2D eigenvalue weighted by atomic mass is 35.5. The molecule has 1 heterocycles. The molecule has 1 aliphatic heterocycles. The zero-order valence-electron chi connectivity index (χ0n) is 16.5. The number of rotatable bonds is 6. The van der Waals surface area contributed by atoms with Crippen LogP contribution in [0.5, 0.6) is 0 Å². The van der Waals surface area contributed by atoms with Crippen LogP contribution < -0.4 is 5.32 Å². The molecule has 29 heavy (non-hydrogen) atoms. The quantitative estimate of drug-likeness (QED) is 0.687. The number of piperidine rings is 1. The van der Waals surface area contributed by atoms with Gasteiger partial charge in [0.05, 0.1) is 0 Å². The van der Waals surface area contributed by atoms with Crippen LogP contribution in [0.25, 0.3) is 0 Å². The van der Waals surface area contributed by atoms with E-state index in [0.717, 1.165) is 25.7 Å². The lowest BCUT2D eigenvalue weighted by molar-refractivity contribution is -0.122. The Kier molecular flexibility index (Phi) is 7.57. The molecule has 1 aliphatic rings. The van der Waals surface area contributed by atoms with Gasteiger partial charge in [-0.15, -0.1) is 0 Å². The third kappa shape index (κ3) is 5.97. The Balaban J connectivity index is 1.80. The van der Waals surface area contributed by atoms with Gasteiger partial charge in [0.1, 0.15) is 0 Å². The number of halogens is 2. The van der Waals surface area contributed by atoms with E-state index in [2.05, 4.69) is 17.4 Å². The Labute approximate surface area is 182 Å². The molecule has 0 unspecified atom stereocenters. The summed E-state index contributed by atoms with van der Waals surface area (Å²) in [5.41, 5.74) is 1.66. The molecular formula is C23H26Cl2N2O2. The molecule has 3 rings (SSSR count). The topological polar surface area (TPSA) is 49.4 Å². The second-order valence-electron chi connectivity index (χ2n) is 7.54. The number of amides is 2. The number of carbonyl (C=O) groups excluding carboxylic acids is 2. The van der Waals surface area contributed by atoms with E-state index in [4.69, 9.17) is 23.2 Å². The fourth-order valence-corrected chi connectivity index (χ4v) is 4.43. The number of hydrogen-bond donors (Lipinski definition) is 1. The number of benzene rings is 2. The first-order valence-electron chi connectivity index (χ1n) is 10.1. The molecule has 2 aromatic rings. The summed E-state index contributed by atoms with van der Waals surface area (Å²) >= 11 is 12.2. The maximum absolute atomic E-state index is 13.3. The van der Waals surface area contributed by atoms with Crippen LogP contribution in [0.15, 0.2) is 48.5 Å². The summed E-state index contributed by atoms with van der Waals surface area (Å²) in [4.78, 5) is 27.2. The Morgan fingerprint density at radius 2 is 1.79 bits per heavy atom. The van der Waals surface area contributed by atoms with Gasteiger partial charge >= 0.3 is 0 Å². The van der Waals surface area contributed by atoms with Crippen molar-refractivity contribution < 1.29 is 9.59 Å². The molecule has 4 nitrogen and oxygen atoms in total. The fraction of sp³-hybridized carbons (Fsp3) is 0.391. The van der Waals surface area contributed by atoms with Crippen molar-refractivity contribution in [2.75, 3.05) is 6.54 Å². The van der Waals surface area contributed by atoms with Gasteiger partial charge in [-0.05, 0) is 49.4 Å². The lowest BCUT2D eigenvalue weighted by atomic mass is 9.91. The van der Waals surface area contributed by atoms with E-state index in [9.17, 15) is 9.59 Å². The highest BCUT2D eigenvalue weighted by Gasteiger charge is 2.33. The highest BCUT2D eigenvalue weighted by molar-refractivity contribution is 6.35. The van der Waals surface area contributed by atoms with Crippen LogP contribution >= 0.6 is 23.2 Å². The van der Waals surface area contributed by atoms with Crippen molar-refractivity contribution in [3.63, 3.8) is 0 Å². The zero-order chi connectivity index (χ0) is 20.8. The molecule has 2 amide bonds. The van der Waals surface area contributed by atoms with Crippen LogP contribution in [0.3, 0.4) is 0 Å². The monoisotopic (exact) mass is 432 g/mol. The smallest absolute Gasteiger partial charge is 0.254 e. The second-order valence-corrected chi connectivity index (χ2v) is 8.41. The van der Waals surface area contributed by atoms with Crippen LogP contribution in [0.1, 0.15) is 48.5 Å². The van der Waals surface area contributed by atoms with E-state index in [0.29, 0.717) is 28.6 Å². The SMILES string of the molecule is CCCC(=O)N[C@H]1CCN(C(=O)c2cc(Cl)cc(Cl)c2)[C@H](Cc2ccccc2)C1. The van der Waals surface area contributed by atoms with Gasteiger partial charge in [-0.3, -0.25) is 9.59 Å². The lowest BCUT2D eigenvalue weighted by Gasteiger charge is -2.40. The molecule has 0 radical (unpaired) electrons. The minimum absolute atomic E-state index is 0.0108. The molecule has 2 aromatic carbocycles. The molecular weight excluding hydrogens is 407 g/mol. The largest absolute Gasteiger partial charge is 0.353 e. The van der Waals surface area contributed by atoms with Gasteiger partial charge in [0.2, 0.25) is 5.91 Å². The predicted octanol–water partition coefficient (Wildman–Crippen LogP) is 5.13. The third-order valence-electron chi connectivity index (χ3n) is 5.24. The van der Waals surface area contributed by atoms with E-state index in [-0.39, 0.29) is 23.9 Å². The van der Waals surface area contributed by atoms with E-state index in [1.807, 2.05) is 30.0 Å². The van der Waals surface area contributed by atoms with E-state index >= 15 is 0 Å². The molecule has 0 bridgehead atoms.